The lowest BCUT2D eigenvalue weighted by atomic mass is 9.85. The Morgan fingerprint density at radius 1 is 1.42 bits per heavy atom. The van der Waals surface area contributed by atoms with Gasteiger partial charge in [-0.1, -0.05) is 37.3 Å². The van der Waals surface area contributed by atoms with Gasteiger partial charge in [0.15, 0.2) is 0 Å². The number of likely N-dealkylation sites (tertiary alicyclic amines) is 1. The molecule has 0 bridgehead atoms. The fourth-order valence-corrected chi connectivity index (χ4v) is 2.57. The third kappa shape index (κ3) is 3.26. The number of benzene rings is 1. The molecule has 2 rings (SSSR count). The molecular weight excluding hydrogens is 240 g/mol. The highest BCUT2D eigenvalue weighted by Crippen LogP contribution is 2.38. The zero-order valence-electron chi connectivity index (χ0n) is 11.6. The summed E-state index contributed by atoms with van der Waals surface area (Å²) in [6.45, 7) is 4.36. The Labute approximate surface area is 114 Å². The van der Waals surface area contributed by atoms with E-state index in [2.05, 4.69) is 24.4 Å². The summed E-state index contributed by atoms with van der Waals surface area (Å²) in [5.41, 5.74) is 1.22. The molecule has 1 fully saturated rings. The van der Waals surface area contributed by atoms with E-state index >= 15 is 0 Å². The minimum absolute atomic E-state index is 0.0306. The molecule has 1 aromatic carbocycles. The van der Waals surface area contributed by atoms with Crippen LogP contribution < -0.4 is 5.32 Å². The van der Waals surface area contributed by atoms with Crippen LogP contribution in [0.3, 0.4) is 0 Å². The fraction of sp³-hybridized carbons (Fsp3) is 0.533. The first-order valence-corrected chi connectivity index (χ1v) is 6.82. The van der Waals surface area contributed by atoms with Crippen LogP contribution in [0, 0.1) is 5.92 Å². The molecule has 1 aliphatic rings. The van der Waals surface area contributed by atoms with E-state index in [1.807, 2.05) is 23.1 Å². The minimum atomic E-state index is 0.0306. The van der Waals surface area contributed by atoms with E-state index in [0.29, 0.717) is 19.1 Å². The maximum Gasteiger partial charge on any atom is 0.317 e. The van der Waals surface area contributed by atoms with Crippen molar-refractivity contribution in [2.75, 3.05) is 26.8 Å². The lowest BCUT2D eigenvalue weighted by molar-refractivity contribution is 0.0590. The Hall–Kier alpha value is -1.55. The van der Waals surface area contributed by atoms with E-state index in [9.17, 15) is 4.79 Å². The van der Waals surface area contributed by atoms with E-state index in [4.69, 9.17) is 4.74 Å². The van der Waals surface area contributed by atoms with Crippen LogP contribution in [0.5, 0.6) is 0 Å². The molecule has 4 heteroatoms. The summed E-state index contributed by atoms with van der Waals surface area (Å²) < 4.78 is 4.97. The van der Waals surface area contributed by atoms with Crippen molar-refractivity contribution in [3.8, 4) is 0 Å². The molecule has 1 N–H and O–H groups in total. The average Bonchev–Trinajstić information content (AvgIpc) is 2.42. The van der Waals surface area contributed by atoms with Crippen LogP contribution in [-0.2, 0) is 4.74 Å². The molecule has 19 heavy (non-hydrogen) atoms. The molecule has 1 aliphatic heterocycles. The van der Waals surface area contributed by atoms with Gasteiger partial charge in [-0.15, -0.1) is 0 Å². The first kappa shape index (κ1) is 13.9. The summed E-state index contributed by atoms with van der Waals surface area (Å²) in [7, 11) is 1.67. The second-order valence-corrected chi connectivity index (χ2v) is 5.06. The molecule has 2 amide bonds. The van der Waals surface area contributed by atoms with E-state index in [0.717, 1.165) is 13.0 Å². The molecule has 4 nitrogen and oxygen atoms in total. The maximum absolute atomic E-state index is 12.1. The van der Waals surface area contributed by atoms with Gasteiger partial charge in [-0.3, -0.25) is 0 Å². The smallest absolute Gasteiger partial charge is 0.317 e. The molecule has 1 saturated heterocycles. The Morgan fingerprint density at radius 2 is 2.16 bits per heavy atom. The van der Waals surface area contributed by atoms with Crippen LogP contribution in [0.2, 0.25) is 0 Å². The highest BCUT2D eigenvalue weighted by Gasteiger charge is 2.39. The van der Waals surface area contributed by atoms with Gasteiger partial charge >= 0.3 is 6.03 Å². The van der Waals surface area contributed by atoms with Gasteiger partial charge in [0.2, 0.25) is 0 Å². The molecule has 0 radical (unpaired) electrons. The number of methoxy groups -OCH3 is 1. The van der Waals surface area contributed by atoms with Crippen LogP contribution in [0.15, 0.2) is 30.3 Å². The first-order chi connectivity index (χ1) is 9.24. The largest absolute Gasteiger partial charge is 0.385 e. The zero-order valence-corrected chi connectivity index (χ0v) is 11.6. The number of rotatable bonds is 5. The van der Waals surface area contributed by atoms with Crippen molar-refractivity contribution in [2.45, 2.75) is 19.4 Å². The molecule has 0 spiro atoms. The second-order valence-electron chi connectivity index (χ2n) is 5.06. The van der Waals surface area contributed by atoms with Gasteiger partial charge < -0.3 is 15.0 Å². The van der Waals surface area contributed by atoms with Crippen molar-refractivity contribution < 1.29 is 9.53 Å². The summed E-state index contributed by atoms with van der Waals surface area (Å²) in [6, 6.07) is 10.5. The van der Waals surface area contributed by atoms with Crippen molar-refractivity contribution in [2.24, 2.45) is 5.92 Å². The predicted octanol–water partition coefficient (Wildman–Crippen LogP) is 2.43. The van der Waals surface area contributed by atoms with Crippen LogP contribution in [0.25, 0.3) is 0 Å². The van der Waals surface area contributed by atoms with Gasteiger partial charge in [-0.25, -0.2) is 4.79 Å². The molecule has 0 saturated carbocycles. The summed E-state index contributed by atoms with van der Waals surface area (Å²) in [4.78, 5) is 14.0. The lowest BCUT2D eigenvalue weighted by Crippen LogP contribution is -2.55. The predicted molar refractivity (Wildman–Crippen MR) is 74.9 cm³/mol. The van der Waals surface area contributed by atoms with Gasteiger partial charge in [-0.2, -0.15) is 0 Å². The van der Waals surface area contributed by atoms with Crippen molar-refractivity contribution in [1.29, 1.82) is 0 Å². The molecule has 0 aromatic heterocycles. The number of amides is 2. The minimum Gasteiger partial charge on any atom is -0.385 e. The zero-order chi connectivity index (χ0) is 13.7. The van der Waals surface area contributed by atoms with Gasteiger partial charge in [0.1, 0.15) is 0 Å². The monoisotopic (exact) mass is 262 g/mol. The number of nitrogens with zero attached hydrogens (tertiary/aromatic N) is 1. The SMILES string of the molecule is COCCCNC(=O)N1C[C@@H](C)[C@@H]1c1ccccc1. The highest BCUT2D eigenvalue weighted by molar-refractivity contribution is 5.75. The van der Waals surface area contributed by atoms with Gasteiger partial charge in [-0.05, 0) is 17.9 Å². The molecule has 1 aromatic rings. The third-order valence-electron chi connectivity index (χ3n) is 3.56. The molecule has 104 valence electrons. The number of carbonyl (C=O) groups excluding carboxylic acids is 1. The molecule has 1 heterocycles. The van der Waals surface area contributed by atoms with Crippen LogP contribution in [-0.4, -0.2) is 37.7 Å². The van der Waals surface area contributed by atoms with Gasteiger partial charge in [0.25, 0.3) is 0 Å². The Kier molecular flexibility index (Phi) is 4.80. The van der Waals surface area contributed by atoms with E-state index in [1.165, 1.54) is 5.56 Å². The third-order valence-corrected chi connectivity index (χ3v) is 3.56. The quantitative estimate of drug-likeness (QED) is 0.828. The van der Waals surface area contributed by atoms with Crippen LogP contribution in [0.1, 0.15) is 24.9 Å². The molecule has 0 aliphatic carbocycles. The van der Waals surface area contributed by atoms with Crippen molar-refractivity contribution >= 4 is 6.03 Å². The fourth-order valence-electron chi connectivity index (χ4n) is 2.57. The lowest BCUT2D eigenvalue weighted by Gasteiger charge is -2.46. The highest BCUT2D eigenvalue weighted by atomic mass is 16.5. The second kappa shape index (κ2) is 6.57. The number of carbonyl (C=O) groups is 1. The molecular formula is C15H22N2O2. The van der Waals surface area contributed by atoms with Gasteiger partial charge in [0, 0.05) is 26.8 Å². The Bertz CT molecular complexity index is 408. The first-order valence-electron chi connectivity index (χ1n) is 6.82. The van der Waals surface area contributed by atoms with Crippen LogP contribution in [0.4, 0.5) is 4.79 Å². The number of nitrogens with one attached hydrogen (secondary N) is 1. The normalized spacial score (nSPS) is 21.9. The number of hydrogen-bond donors (Lipinski definition) is 1. The average molecular weight is 262 g/mol. The topological polar surface area (TPSA) is 41.6 Å². The van der Waals surface area contributed by atoms with E-state index < -0.39 is 0 Å². The van der Waals surface area contributed by atoms with E-state index in [1.54, 1.807) is 7.11 Å². The van der Waals surface area contributed by atoms with Crippen LogP contribution >= 0.6 is 0 Å². The number of ether oxygens (including phenoxy) is 1. The molecule has 0 unspecified atom stereocenters. The summed E-state index contributed by atoms with van der Waals surface area (Å²) >= 11 is 0. The molecule has 2 atom stereocenters. The summed E-state index contributed by atoms with van der Waals surface area (Å²) in [6.07, 6.45) is 0.849. The Balaban J connectivity index is 1.88. The Morgan fingerprint density at radius 3 is 2.79 bits per heavy atom. The van der Waals surface area contributed by atoms with Gasteiger partial charge in [0.05, 0.1) is 6.04 Å². The van der Waals surface area contributed by atoms with Crippen molar-refractivity contribution in [3.05, 3.63) is 35.9 Å². The maximum atomic E-state index is 12.1. The van der Waals surface area contributed by atoms with Crippen molar-refractivity contribution in [1.82, 2.24) is 10.2 Å². The van der Waals surface area contributed by atoms with E-state index in [-0.39, 0.29) is 12.1 Å². The number of hydrogen-bond acceptors (Lipinski definition) is 2. The summed E-state index contributed by atoms with van der Waals surface area (Å²) in [5, 5.41) is 2.95. The number of urea groups is 1. The summed E-state index contributed by atoms with van der Waals surface area (Å²) in [5.74, 6) is 0.520. The standard InChI is InChI=1S/C15H22N2O2/c1-12-11-17(15(18)16-9-6-10-19-2)14(12)13-7-4-3-5-8-13/h3-5,7-8,12,14H,6,9-11H2,1-2H3,(H,16,18)/t12-,14-/m1/s1. The van der Waals surface area contributed by atoms with Crippen molar-refractivity contribution in [3.63, 3.8) is 0 Å².